The summed E-state index contributed by atoms with van der Waals surface area (Å²) in [6.07, 6.45) is 3.86. The van der Waals surface area contributed by atoms with Crippen molar-refractivity contribution in [2.75, 3.05) is 6.79 Å². The Morgan fingerprint density at radius 2 is 2.05 bits per heavy atom. The van der Waals surface area contributed by atoms with Gasteiger partial charge in [0.05, 0.1) is 16.6 Å². The predicted octanol–water partition coefficient (Wildman–Crippen LogP) is 2.90. The molecule has 0 amide bonds. The summed E-state index contributed by atoms with van der Waals surface area (Å²) in [5.74, 6) is 0.947. The molecule has 0 unspecified atom stereocenters. The summed E-state index contributed by atoms with van der Waals surface area (Å²) in [5, 5.41) is 11.1. The molecule has 1 aliphatic heterocycles. The van der Waals surface area contributed by atoms with Gasteiger partial charge in [-0.05, 0) is 12.5 Å². The van der Waals surface area contributed by atoms with Crippen LogP contribution in [0, 0.1) is 10.1 Å². The molecule has 1 heterocycles. The monoisotopic (exact) mass is 266 g/mol. The molecule has 2 rings (SSSR count). The number of rotatable bonds is 6. The highest BCUT2D eigenvalue weighted by Crippen LogP contribution is 2.40. The molecule has 2 N–H and O–H groups in total. The van der Waals surface area contributed by atoms with Crippen LogP contribution in [0.3, 0.4) is 0 Å². The Hall–Kier alpha value is -1.82. The first kappa shape index (κ1) is 13.6. The third-order valence-electron chi connectivity index (χ3n) is 3.24. The van der Waals surface area contributed by atoms with Gasteiger partial charge in [0.25, 0.3) is 5.69 Å². The zero-order chi connectivity index (χ0) is 13.8. The number of hydrogen-bond donors (Lipinski definition) is 1. The first-order valence-electron chi connectivity index (χ1n) is 6.47. The maximum absolute atomic E-state index is 11.1. The lowest BCUT2D eigenvalue weighted by atomic mass is 9.99. The first-order valence-corrected chi connectivity index (χ1v) is 6.47. The van der Waals surface area contributed by atoms with Gasteiger partial charge < -0.3 is 15.2 Å². The molecule has 1 aromatic carbocycles. The summed E-state index contributed by atoms with van der Waals surface area (Å²) in [6, 6.07) is 2.69. The van der Waals surface area contributed by atoms with Crippen LogP contribution in [0.1, 0.15) is 44.2 Å². The van der Waals surface area contributed by atoms with E-state index >= 15 is 0 Å². The van der Waals surface area contributed by atoms with E-state index < -0.39 is 4.92 Å². The molecule has 0 spiro atoms. The fourth-order valence-electron chi connectivity index (χ4n) is 2.17. The molecule has 1 atom stereocenters. The molecule has 104 valence electrons. The van der Waals surface area contributed by atoms with Crippen molar-refractivity contribution in [3.8, 4) is 11.5 Å². The maximum Gasteiger partial charge on any atom is 0.278 e. The first-order chi connectivity index (χ1) is 9.13. The number of nitrogens with zero attached hydrogens (tertiary/aromatic N) is 1. The van der Waals surface area contributed by atoms with Crippen molar-refractivity contribution < 1.29 is 14.4 Å². The highest BCUT2D eigenvalue weighted by Gasteiger charge is 2.26. The fourth-order valence-corrected chi connectivity index (χ4v) is 2.17. The second-order valence-corrected chi connectivity index (χ2v) is 4.62. The molecule has 0 fully saturated rings. The van der Waals surface area contributed by atoms with E-state index in [4.69, 9.17) is 15.2 Å². The lowest BCUT2D eigenvalue weighted by Crippen LogP contribution is -2.12. The van der Waals surface area contributed by atoms with Crippen molar-refractivity contribution in [3.63, 3.8) is 0 Å². The SMILES string of the molecule is CCCCC[C@@H](N)c1cc2c(cc1[N+](=O)[O-])OCO2. The van der Waals surface area contributed by atoms with Crippen molar-refractivity contribution in [3.05, 3.63) is 27.8 Å². The summed E-state index contributed by atoms with van der Waals surface area (Å²) < 4.78 is 10.4. The number of unbranched alkanes of at least 4 members (excludes halogenated alkanes) is 2. The lowest BCUT2D eigenvalue weighted by Gasteiger charge is -2.12. The number of nitrogens with two attached hydrogens (primary N) is 1. The Labute approximate surface area is 111 Å². The molecule has 6 heteroatoms. The van der Waals surface area contributed by atoms with Gasteiger partial charge >= 0.3 is 0 Å². The third-order valence-corrected chi connectivity index (χ3v) is 3.24. The van der Waals surface area contributed by atoms with Crippen LogP contribution in [0.5, 0.6) is 11.5 Å². The second-order valence-electron chi connectivity index (χ2n) is 4.62. The number of hydrogen-bond acceptors (Lipinski definition) is 5. The minimum atomic E-state index is -0.420. The molecule has 0 saturated heterocycles. The van der Waals surface area contributed by atoms with Gasteiger partial charge in [-0.15, -0.1) is 0 Å². The standard InChI is InChI=1S/C13H18N2O4/c1-2-3-4-5-10(14)9-6-12-13(19-8-18-12)7-11(9)15(16)17/h6-7,10H,2-5,8,14H2,1H3/t10-/m1/s1. The summed E-state index contributed by atoms with van der Waals surface area (Å²) in [4.78, 5) is 10.7. The molecule has 0 aromatic heterocycles. The van der Waals surface area contributed by atoms with Gasteiger partial charge in [0, 0.05) is 6.04 Å². The van der Waals surface area contributed by atoms with Gasteiger partial charge in [0.1, 0.15) is 0 Å². The third kappa shape index (κ3) is 2.96. The van der Waals surface area contributed by atoms with Crippen LogP contribution in [0.4, 0.5) is 5.69 Å². The smallest absolute Gasteiger partial charge is 0.278 e. The molecule has 1 aromatic rings. The average Bonchev–Trinajstić information content (AvgIpc) is 2.84. The highest BCUT2D eigenvalue weighted by molar-refractivity contribution is 5.56. The summed E-state index contributed by atoms with van der Waals surface area (Å²) >= 11 is 0. The van der Waals surface area contributed by atoms with Gasteiger partial charge in [0.15, 0.2) is 11.5 Å². The van der Waals surface area contributed by atoms with E-state index in [1.165, 1.54) is 6.07 Å². The van der Waals surface area contributed by atoms with Crippen molar-refractivity contribution in [2.45, 2.75) is 38.6 Å². The van der Waals surface area contributed by atoms with Crippen molar-refractivity contribution in [1.29, 1.82) is 0 Å². The van der Waals surface area contributed by atoms with E-state index in [2.05, 4.69) is 6.92 Å². The molecule has 0 radical (unpaired) electrons. The summed E-state index contributed by atoms with van der Waals surface area (Å²) in [7, 11) is 0. The normalized spacial score (nSPS) is 14.4. The lowest BCUT2D eigenvalue weighted by molar-refractivity contribution is -0.385. The van der Waals surface area contributed by atoms with E-state index in [9.17, 15) is 10.1 Å². The Balaban J connectivity index is 2.24. The Morgan fingerprint density at radius 3 is 2.68 bits per heavy atom. The fraction of sp³-hybridized carbons (Fsp3) is 0.538. The topological polar surface area (TPSA) is 87.6 Å². The van der Waals surface area contributed by atoms with E-state index in [1.807, 2.05) is 0 Å². The van der Waals surface area contributed by atoms with Crippen LogP contribution >= 0.6 is 0 Å². The van der Waals surface area contributed by atoms with Crippen LogP contribution in [-0.4, -0.2) is 11.7 Å². The van der Waals surface area contributed by atoms with Crippen LogP contribution in [-0.2, 0) is 0 Å². The van der Waals surface area contributed by atoms with Gasteiger partial charge in [-0.2, -0.15) is 0 Å². The van der Waals surface area contributed by atoms with Crippen LogP contribution < -0.4 is 15.2 Å². The Bertz CT molecular complexity index is 476. The number of fused-ring (bicyclic) bond motifs is 1. The minimum absolute atomic E-state index is 0.00764. The zero-order valence-electron chi connectivity index (χ0n) is 10.9. The van der Waals surface area contributed by atoms with E-state index in [1.54, 1.807) is 6.07 Å². The van der Waals surface area contributed by atoms with E-state index in [-0.39, 0.29) is 18.5 Å². The van der Waals surface area contributed by atoms with Gasteiger partial charge in [-0.25, -0.2) is 0 Å². The van der Waals surface area contributed by atoms with Gasteiger partial charge in [-0.1, -0.05) is 26.2 Å². The van der Waals surface area contributed by atoms with Crippen LogP contribution in [0.15, 0.2) is 12.1 Å². The second kappa shape index (κ2) is 5.88. The summed E-state index contributed by atoms with van der Waals surface area (Å²) in [6.45, 7) is 2.20. The maximum atomic E-state index is 11.1. The molecular weight excluding hydrogens is 248 g/mol. The van der Waals surface area contributed by atoms with Crippen molar-refractivity contribution in [2.24, 2.45) is 5.73 Å². The number of benzene rings is 1. The molecule has 1 aliphatic rings. The molecule has 0 saturated carbocycles. The highest BCUT2D eigenvalue weighted by atomic mass is 16.7. The molecule has 6 nitrogen and oxygen atoms in total. The van der Waals surface area contributed by atoms with E-state index in [0.717, 1.165) is 25.7 Å². The average molecular weight is 266 g/mol. The Morgan fingerprint density at radius 1 is 1.37 bits per heavy atom. The molecule has 19 heavy (non-hydrogen) atoms. The minimum Gasteiger partial charge on any atom is -0.454 e. The zero-order valence-corrected chi connectivity index (χ0v) is 10.9. The van der Waals surface area contributed by atoms with Crippen LogP contribution in [0.2, 0.25) is 0 Å². The predicted molar refractivity (Wildman–Crippen MR) is 70.3 cm³/mol. The van der Waals surface area contributed by atoms with Gasteiger partial charge in [-0.3, -0.25) is 10.1 Å². The quantitative estimate of drug-likeness (QED) is 0.486. The van der Waals surface area contributed by atoms with Crippen molar-refractivity contribution in [1.82, 2.24) is 0 Å². The summed E-state index contributed by atoms with van der Waals surface area (Å²) in [5.41, 5.74) is 6.59. The van der Waals surface area contributed by atoms with Crippen LogP contribution in [0.25, 0.3) is 0 Å². The van der Waals surface area contributed by atoms with E-state index in [0.29, 0.717) is 17.1 Å². The van der Waals surface area contributed by atoms with Crippen molar-refractivity contribution >= 4 is 5.69 Å². The number of ether oxygens (including phenoxy) is 2. The Kier molecular flexibility index (Phi) is 4.21. The largest absolute Gasteiger partial charge is 0.454 e. The number of nitro groups is 1. The number of nitro benzene ring substituents is 1. The molecule has 0 aliphatic carbocycles. The molecule has 0 bridgehead atoms. The van der Waals surface area contributed by atoms with Gasteiger partial charge in [0.2, 0.25) is 6.79 Å². The molecular formula is C13H18N2O4.